The highest BCUT2D eigenvalue weighted by atomic mass is 35.5. The first kappa shape index (κ1) is 16.2. The second kappa shape index (κ2) is 6.73. The zero-order valence-corrected chi connectivity index (χ0v) is 13.4. The Morgan fingerprint density at radius 3 is 2.77 bits per heavy atom. The van der Waals surface area contributed by atoms with Crippen LogP contribution in [0.2, 0.25) is 10.0 Å². The number of hydrogen-bond acceptors (Lipinski definition) is 4. The van der Waals surface area contributed by atoms with Crippen LogP contribution >= 0.6 is 23.2 Å². The second-order valence-corrected chi connectivity index (χ2v) is 5.35. The molecule has 1 aromatic carbocycles. The third kappa shape index (κ3) is 3.53. The number of aryl methyl sites for hydroxylation is 1. The molecule has 5 nitrogen and oxygen atoms in total. The van der Waals surface area contributed by atoms with Crippen molar-refractivity contribution in [3.63, 3.8) is 0 Å². The fourth-order valence-corrected chi connectivity index (χ4v) is 2.21. The number of carbonyl (C=O) groups excluding carboxylic acids is 1. The van der Waals surface area contributed by atoms with Crippen molar-refractivity contribution in [2.75, 3.05) is 11.9 Å². The summed E-state index contributed by atoms with van der Waals surface area (Å²) in [6.45, 7) is 3.19. The minimum atomic E-state index is -0.462. The van der Waals surface area contributed by atoms with Crippen LogP contribution in [0.25, 0.3) is 0 Å². The smallest absolute Gasteiger partial charge is 0.264 e. The monoisotopic (exact) mass is 338 g/mol. The molecule has 0 aliphatic heterocycles. The van der Waals surface area contributed by atoms with Gasteiger partial charge in [-0.05, 0) is 32.0 Å². The highest BCUT2D eigenvalue weighted by molar-refractivity contribution is 6.35. The van der Waals surface area contributed by atoms with E-state index < -0.39 is 5.91 Å². The molecule has 0 unspecified atom stereocenters. The van der Waals surface area contributed by atoms with Crippen LogP contribution in [-0.4, -0.2) is 12.5 Å². The van der Waals surface area contributed by atoms with Crippen LogP contribution in [0.1, 0.15) is 16.9 Å². The fraction of sp³-hybridized carbons (Fsp3) is 0.200. The number of benzene rings is 1. The molecule has 0 atom stereocenters. The quantitative estimate of drug-likeness (QED) is 0.910. The van der Waals surface area contributed by atoms with Gasteiger partial charge in [0.15, 0.2) is 6.61 Å². The number of hydrogen-bond donors (Lipinski definition) is 1. The minimum Gasteiger partial charge on any atom is -0.482 e. The van der Waals surface area contributed by atoms with Crippen molar-refractivity contribution >= 4 is 35.0 Å². The van der Waals surface area contributed by atoms with Gasteiger partial charge in [-0.2, -0.15) is 5.26 Å². The molecule has 1 N–H and O–H groups in total. The predicted octanol–water partition coefficient (Wildman–Crippen LogP) is 4.09. The molecule has 2 aromatic rings. The summed E-state index contributed by atoms with van der Waals surface area (Å²) >= 11 is 11.7. The van der Waals surface area contributed by atoms with Crippen molar-refractivity contribution in [2.24, 2.45) is 0 Å². The maximum atomic E-state index is 11.9. The van der Waals surface area contributed by atoms with E-state index in [2.05, 4.69) is 5.32 Å². The lowest BCUT2D eigenvalue weighted by Gasteiger charge is -2.08. The van der Waals surface area contributed by atoms with Gasteiger partial charge in [0.2, 0.25) is 5.88 Å². The number of halogens is 2. The van der Waals surface area contributed by atoms with Gasteiger partial charge in [0, 0.05) is 10.6 Å². The summed E-state index contributed by atoms with van der Waals surface area (Å²) in [5, 5.41) is 12.4. The Balaban J connectivity index is 2.02. The maximum Gasteiger partial charge on any atom is 0.264 e. The number of carbonyl (C=O) groups is 1. The van der Waals surface area contributed by atoms with Crippen molar-refractivity contribution < 1.29 is 13.9 Å². The van der Waals surface area contributed by atoms with Gasteiger partial charge in [-0.1, -0.05) is 23.2 Å². The van der Waals surface area contributed by atoms with Gasteiger partial charge in [0.25, 0.3) is 5.91 Å². The zero-order valence-electron chi connectivity index (χ0n) is 11.9. The van der Waals surface area contributed by atoms with Gasteiger partial charge >= 0.3 is 0 Å². The standard InChI is InChI=1S/C15H12Cl2N2O3/c1-8-9(2)22-15(11(8)6-18)19-14(20)7-21-13-4-3-10(16)5-12(13)17/h3-5H,7H2,1-2H3,(H,19,20). The van der Waals surface area contributed by atoms with Crippen LogP contribution in [0.4, 0.5) is 5.88 Å². The molecule has 0 spiro atoms. The Morgan fingerprint density at radius 2 is 2.14 bits per heavy atom. The molecule has 0 saturated carbocycles. The summed E-state index contributed by atoms with van der Waals surface area (Å²) in [5.41, 5.74) is 0.995. The number of ether oxygens (including phenoxy) is 1. The summed E-state index contributed by atoms with van der Waals surface area (Å²) in [4.78, 5) is 11.9. The van der Waals surface area contributed by atoms with Gasteiger partial charge in [-0.3, -0.25) is 10.1 Å². The third-order valence-corrected chi connectivity index (χ3v) is 3.53. The number of anilines is 1. The molecule has 0 aliphatic rings. The van der Waals surface area contributed by atoms with E-state index in [-0.39, 0.29) is 12.5 Å². The zero-order chi connectivity index (χ0) is 16.3. The molecule has 0 radical (unpaired) electrons. The van der Waals surface area contributed by atoms with Gasteiger partial charge in [-0.25, -0.2) is 0 Å². The summed E-state index contributed by atoms with van der Waals surface area (Å²) in [6.07, 6.45) is 0. The van der Waals surface area contributed by atoms with Gasteiger partial charge in [0.05, 0.1) is 5.02 Å². The number of rotatable bonds is 4. The highest BCUT2D eigenvalue weighted by Crippen LogP contribution is 2.28. The van der Waals surface area contributed by atoms with E-state index in [1.165, 1.54) is 6.07 Å². The second-order valence-electron chi connectivity index (χ2n) is 4.51. The number of nitrogens with zero attached hydrogens (tertiary/aromatic N) is 1. The Labute approximate surface area is 137 Å². The van der Waals surface area contributed by atoms with Crippen LogP contribution in [0.5, 0.6) is 5.75 Å². The normalized spacial score (nSPS) is 10.1. The van der Waals surface area contributed by atoms with E-state index >= 15 is 0 Å². The van der Waals surface area contributed by atoms with Gasteiger partial charge < -0.3 is 9.15 Å². The first-order valence-electron chi connectivity index (χ1n) is 6.30. The van der Waals surface area contributed by atoms with Crippen LogP contribution in [-0.2, 0) is 4.79 Å². The van der Waals surface area contributed by atoms with Crippen molar-refractivity contribution in [3.05, 3.63) is 45.1 Å². The van der Waals surface area contributed by atoms with Gasteiger partial charge in [-0.15, -0.1) is 0 Å². The van der Waals surface area contributed by atoms with E-state index in [1.54, 1.807) is 26.0 Å². The lowest BCUT2D eigenvalue weighted by molar-refractivity contribution is -0.118. The number of nitrogens with one attached hydrogen (secondary N) is 1. The van der Waals surface area contributed by atoms with E-state index in [0.717, 1.165) is 0 Å². The molecule has 7 heteroatoms. The molecule has 1 aromatic heterocycles. The lowest BCUT2D eigenvalue weighted by atomic mass is 10.2. The van der Waals surface area contributed by atoms with Gasteiger partial charge in [0.1, 0.15) is 23.1 Å². The highest BCUT2D eigenvalue weighted by Gasteiger charge is 2.17. The Kier molecular flexibility index (Phi) is 4.96. The molecular weight excluding hydrogens is 327 g/mol. The van der Waals surface area contributed by atoms with Crippen molar-refractivity contribution in [2.45, 2.75) is 13.8 Å². The molecule has 0 aliphatic carbocycles. The summed E-state index contributed by atoms with van der Waals surface area (Å²) in [6, 6.07) is 6.69. The Hall–Kier alpha value is -2.16. The van der Waals surface area contributed by atoms with Crippen LogP contribution in [0.3, 0.4) is 0 Å². The Bertz CT molecular complexity index is 763. The number of nitriles is 1. The first-order chi connectivity index (χ1) is 10.4. The first-order valence-corrected chi connectivity index (χ1v) is 7.05. The molecule has 114 valence electrons. The summed E-state index contributed by atoms with van der Waals surface area (Å²) in [5.74, 6) is 0.576. The van der Waals surface area contributed by atoms with E-state index in [1.807, 2.05) is 6.07 Å². The van der Waals surface area contributed by atoms with E-state index in [9.17, 15) is 4.79 Å². The molecule has 1 amide bonds. The molecule has 2 rings (SSSR count). The van der Waals surface area contributed by atoms with Crippen molar-refractivity contribution in [1.29, 1.82) is 5.26 Å². The van der Waals surface area contributed by atoms with Crippen LogP contribution in [0.15, 0.2) is 22.6 Å². The minimum absolute atomic E-state index is 0.119. The summed E-state index contributed by atoms with van der Waals surface area (Å²) < 4.78 is 10.7. The summed E-state index contributed by atoms with van der Waals surface area (Å²) in [7, 11) is 0. The number of amides is 1. The van der Waals surface area contributed by atoms with E-state index in [4.69, 9.17) is 37.6 Å². The number of furan rings is 1. The predicted molar refractivity (Wildman–Crippen MR) is 83.5 cm³/mol. The van der Waals surface area contributed by atoms with Crippen LogP contribution < -0.4 is 10.1 Å². The molecule has 0 bridgehead atoms. The SMILES string of the molecule is Cc1oc(NC(=O)COc2ccc(Cl)cc2Cl)c(C#N)c1C. The largest absolute Gasteiger partial charge is 0.482 e. The average Bonchev–Trinajstić information content (AvgIpc) is 2.72. The Morgan fingerprint density at radius 1 is 1.41 bits per heavy atom. The topological polar surface area (TPSA) is 75.3 Å². The fourth-order valence-electron chi connectivity index (χ4n) is 1.75. The molecule has 0 fully saturated rings. The molecular formula is C15H12Cl2N2O3. The van der Waals surface area contributed by atoms with Crippen molar-refractivity contribution in [1.82, 2.24) is 0 Å². The third-order valence-electron chi connectivity index (χ3n) is 3.00. The van der Waals surface area contributed by atoms with E-state index in [0.29, 0.717) is 32.7 Å². The average molecular weight is 339 g/mol. The molecule has 0 saturated heterocycles. The molecule has 22 heavy (non-hydrogen) atoms. The van der Waals surface area contributed by atoms with Crippen molar-refractivity contribution in [3.8, 4) is 11.8 Å². The maximum absolute atomic E-state index is 11.9. The lowest BCUT2D eigenvalue weighted by Crippen LogP contribution is -2.20. The van der Waals surface area contributed by atoms with Crippen LogP contribution in [0, 0.1) is 25.2 Å². The molecule has 1 heterocycles.